The minimum absolute atomic E-state index is 0.591. The van der Waals surface area contributed by atoms with Crippen LogP contribution in [0.5, 0.6) is 0 Å². The number of aryl methyl sites for hydroxylation is 1. The van der Waals surface area contributed by atoms with E-state index in [0.29, 0.717) is 10.9 Å². The van der Waals surface area contributed by atoms with Crippen molar-refractivity contribution in [2.24, 2.45) is 7.05 Å². The minimum Gasteiger partial charge on any atom is -0.258 e. The van der Waals surface area contributed by atoms with E-state index >= 15 is 0 Å². The van der Waals surface area contributed by atoms with Crippen molar-refractivity contribution in [2.75, 3.05) is 0 Å². The molecule has 9 heteroatoms. The van der Waals surface area contributed by atoms with Gasteiger partial charge in [0.25, 0.3) is 5.03 Å². The van der Waals surface area contributed by atoms with Gasteiger partial charge in [-0.3, -0.25) is 10.1 Å². The standard InChI is InChI=1S/C4H4FN3O4S/c1-7-4(13(5,11)12)3(2-6-7)8(9)10/h2H,1H3. The van der Waals surface area contributed by atoms with Gasteiger partial charge >= 0.3 is 15.9 Å². The fraction of sp³-hybridized carbons (Fsp3) is 0.250. The second-order valence-electron chi connectivity index (χ2n) is 2.15. The molecule has 0 aromatic carbocycles. The van der Waals surface area contributed by atoms with E-state index in [4.69, 9.17) is 0 Å². The largest absolute Gasteiger partial charge is 0.356 e. The fourth-order valence-corrected chi connectivity index (χ4v) is 1.56. The van der Waals surface area contributed by atoms with E-state index in [1.54, 1.807) is 0 Å². The molecule has 0 radical (unpaired) electrons. The maximum atomic E-state index is 12.4. The monoisotopic (exact) mass is 209 g/mol. The van der Waals surface area contributed by atoms with Crippen molar-refractivity contribution >= 4 is 15.9 Å². The highest BCUT2D eigenvalue weighted by Crippen LogP contribution is 2.23. The molecule has 0 spiro atoms. The number of halogens is 1. The molecule has 0 amide bonds. The van der Waals surface area contributed by atoms with Crippen LogP contribution in [0.1, 0.15) is 0 Å². The predicted molar refractivity (Wildman–Crippen MR) is 38.2 cm³/mol. The highest BCUT2D eigenvalue weighted by molar-refractivity contribution is 7.86. The summed E-state index contributed by atoms with van der Waals surface area (Å²) in [5.74, 6) is 0. The van der Waals surface area contributed by atoms with Gasteiger partial charge in [-0.05, 0) is 0 Å². The first kappa shape index (κ1) is 9.58. The van der Waals surface area contributed by atoms with E-state index in [2.05, 4.69) is 5.10 Å². The fourth-order valence-electron chi connectivity index (χ4n) is 0.823. The van der Waals surface area contributed by atoms with Gasteiger partial charge in [0.1, 0.15) is 6.20 Å². The molecule has 1 aromatic heterocycles. The van der Waals surface area contributed by atoms with Gasteiger partial charge in [0, 0.05) is 7.05 Å². The molecular formula is C4H4FN3O4S. The Balaban J connectivity index is 3.51. The number of nitrogens with zero attached hydrogens (tertiary/aromatic N) is 3. The molecule has 1 heterocycles. The maximum Gasteiger partial charge on any atom is 0.356 e. The summed E-state index contributed by atoms with van der Waals surface area (Å²) >= 11 is 0. The molecule has 1 rings (SSSR count). The second-order valence-corrected chi connectivity index (χ2v) is 3.42. The molecule has 0 saturated carbocycles. The molecule has 0 aliphatic carbocycles. The molecule has 0 bridgehead atoms. The molecule has 7 nitrogen and oxygen atoms in total. The molecule has 0 fully saturated rings. The van der Waals surface area contributed by atoms with Gasteiger partial charge in [-0.15, -0.1) is 0 Å². The van der Waals surface area contributed by atoms with Crippen LogP contribution in [0.2, 0.25) is 0 Å². The lowest BCUT2D eigenvalue weighted by atomic mass is 10.6. The van der Waals surface area contributed by atoms with Crippen molar-refractivity contribution in [1.82, 2.24) is 9.78 Å². The van der Waals surface area contributed by atoms with E-state index in [-0.39, 0.29) is 0 Å². The molecule has 0 unspecified atom stereocenters. The Bertz CT molecular complexity index is 450. The highest BCUT2D eigenvalue weighted by Gasteiger charge is 2.30. The summed E-state index contributed by atoms with van der Waals surface area (Å²) in [6, 6.07) is 0. The number of nitro groups is 1. The van der Waals surface area contributed by atoms with Crippen LogP contribution < -0.4 is 0 Å². The summed E-state index contributed by atoms with van der Waals surface area (Å²) in [7, 11) is -4.01. The first-order valence-corrected chi connectivity index (χ1v) is 4.33. The lowest BCUT2D eigenvalue weighted by Crippen LogP contribution is -2.04. The molecule has 72 valence electrons. The lowest BCUT2D eigenvalue weighted by molar-refractivity contribution is -0.388. The van der Waals surface area contributed by atoms with Gasteiger partial charge < -0.3 is 0 Å². The topological polar surface area (TPSA) is 95.1 Å². The van der Waals surface area contributed by atoms with Crippen molar-refractivity contribution in [3.05, 3.63) is 16.3 Å². The van der Waals surface area contributed by atoms with Gasteiger partial charge in [0.2, 0.25) is 0 Å². The zero-order valence-electron chi connectivity index (χ0n) is 6.34. The van der Waals surface area contributed by atoms with Gasteiger partial charge in [-0.1, -0.05) is 3.89 Å². The Morgan fingerprint density at radius 2 is 2.23 bits per heavy atom. The Labute approximate surface area is 72.1 Å². The molecule has 0 atom stereocenters. The van der Waals surface area contributed by atoms with Crippen molar-refractivity contribution in [1.29, 1.82) is 0 Å². The Morgan fingerprint density at radius 1 is 1.69 bits per heavy atom. The summed E-state index contributed by atoms with van der Waals surface area (Å²) in [4.78, 5) is 9.19. The van der Waals surface area contributed by atoms with Gasteiger partial charge in [-0.25, -0.2) is 4.68 Å². The molecule has 1 aromatic rings. The third-order valence-corrected chi connectivity index (χ3v) is 2.23. The molecule has 13 heavy (non-hydrogen) atoms. The Hall–Kier alpha value is -1.51. The smallest absolute Gasteiger partial charge is 0.258 e. The van der Waals surface area contributed by atoms with E-state index in [0.717, 1.165) is 7.05 Å². The minimum atomic E-state index is -5.11. The van der Waals surface area contributed by atoms with Gasteiger partial charge in [0.15, 0.2) is 0 Å². The molecular weight excluding hydrogens is 205 g/mol. The van der Waals surface area contributed by atoms with Crippen molar-refractivity contribution in [3.8, 4) is 0 Å². The van der Waals surface area contributed by atoms with Crippen LogP contribution in [0.15, 0.2) is 11.2 Å². The van der Waals surface area contributed by atoms with Crippen LogP contribution in [0.4, 0.5) is 9.57 Å². The first-order chi connectivity index (χ1) is 5.84. The van der Waals surface area contributed by atoms with Crippen molar-refractivity contribution in [3.63, 3.8) is 0 Å². The van der Waals surface area contributed by atoms with Crippen LogP contribution in [0.3, 0.4) is 0 Å². The third-order valence-electron chi connectivity index (χ3n) is 1.29. The SMILES string of the molecule is Cn1ncc([N+](=O)[O-])c1S(=O)(=O)F. The van der Waals surface area contributed by atoms with Crippen LogP contribution in [-0.4, -0.2) is 23.1 Å². The highest BCUT2D eigenvalue weighted by atomic mass is 32.3. The second kappa shape index (κ2) is 2.76. The summed E-state index contributed by atoms with van der Waals surface area (Å²) in [6.07, 6.45) is 0.673. The number of hydrogen-bond acceptors (Lipinski definition) is 5. The number of hydrogen-bond donors (Lipinski definition) is 0. The van der Waals surface area contributed by atoms with Crippen LogP contribution in [-0.2, 0) is 17.3 Å². The lowest BCUT2D eigenvalue weighted by Gasteiger charge is -1.93. The van der Waals surface area contributed by atoms with Crippen LogP contribution in [0.25, 0.3) is 0 Å². The van der Waals surface area contributed by atoms with E-state index in [9.17, 15) is 22.4 Å². The van der Waals surface area contributed by atoms with Crippen molar-refractivity contribution in [2.45, 2.75) is 5.03 Å². The molecule has 0 aliphatic rings. The van der Waals surface area contributed by atoms with Gasteiger partial charge in [-0.2, -0.15) is 13.5 Å². The normalized spacial score (nSPS) is 11.5. The number of aromatic nitrogens is 2. The van der Waals surface area contributed by atoms with Gasteiger partial charge in [0.05, 0.1) is 4.92 Å². The average Bonchev–Trinajstić information content (AvgIpc) is 2.28. The summed E-state index contributed by atoms with van der Waals surface area (Å²) < 4.78 is 33.9. The average molecular weight is 209 g/mol. The molecule has 0 saturated heterocycles. The predicted octanol–water partition coefficient (Wildman–Crippen LogP) is -0.0135. The first-order valence-electron chi connectivity index (χ1n) is 2.95. The Morgan fingerprint density at radius 3 is 2.54 bits per heavy atom. The van der Waals surface area contributed by atoms with E-state index in [1.807, 2.05) is 0 Å². The molecule has 0 aliphatic heterocycles. The number of rotatable bonds is 2. The zero-order valence-corrected chi connectivity index (χ0v) is 7.15. The maximum absolute atomic E-state index is 12.4. The van der Waals surface area contributed by atoms with Crippen LogP contribution >= 0.6 is 0 Å². The zero-order chi connectivity index (χ0) is 10.2. The Kier molecular flexibility index (Phi) is 2.04. The third kappa shape index (κ3) is 1.64. The summed E-state index contributed by atoms with van der Waals surface area (Å²) in [6.45, 7) is 0. The van der Waals surface area contributed by atoms with E-state index in [1.165, 1.54) is 0 Å². The van der Waals surface area contributed by atoms with Crippen LogP contribution in [0, 0.1) is 10.1 Å². The summed E-state index contributed by atoms with van der Waals surface area (Å²) in [5.41, 5.74) is -0.870. The van der Waals surface area contributed by atoms with Crippen molar-refractivity contribution < 1.29 is 17.2 Å². The summed E-state index contributed by atoms with van der Waals surface area (Å²) in [5, 5.41) is 12.4. The molecule has 0 N–H and O–H groups in total. The quantitative estimate of drug-likeness (QED) is 0.387. The van der Waals surface area contributed by atoms with E-state index < -0.39 is 25.9 Å².